The van der Waals surface area contributed by atoms with Crippen LogP contribution in [0.2, 0.25) is 5.02 Å². The minimum Gasteiger partial charge on any atom is -0.496 e. The molecule has 0 fully saturated rings. The summed E-state index contributed by atoms with van der Waals surface area (Å²) in [5, 5.41) is 3.99. The monoisotopic (exact) mass is 277 g/mol. The maximum atomic E-state index is 6.14. The average molecular weight is 278 g/mol. The predicted octanol–water partition coefficient (Wildman–Crippen LogP) is 4.41. The molecule has 2 aromatic heterocycles. The quantitative estimate of drug-likeness (QED) is 0.691. The van der Waals surface area contributed by atoms with Gasteiger partial charge in [-0.2, -0.15) is 0 Å². The van der Waals surface area contributed by atoms with E-state index in [4.69, 9.17) is 16.3 Å². The second-order valence-electron chi connectivity index (χ2n) is 4.03. The van der Waals surface area contributed by atoms with Crippen molar-refractivity contribution in [3.8, 4) is 5.75 Å². The smallest absolute Gasteiger partial charge is 0.128 e. The maximum absolute atomic E-state index is 6.14. The van der Waals surface area contributed by atoms with Gasteiger partial charge in [0.2, 0.25) is 0 Å². The highest BCUT2D eigenvalue weighted by Crippen LogP contribution is 2.29. The molecule has 0 unspecified atom stereocenters. The Morgan fingerprint density at radius 1 is 1.28 bits per heavy atom. The number of fused-ring (bicyclic) bond motifs is 1. The van der Waals surface area contributed by atoms with Crippen molar-refractivity contribution < 1.29 is 4.74 Å². The first-order chi connectivity index (χ1) is 8.79. The van der Waals surface area contributed by atoms with E-state index in [0.717, 1.165) is 22.7 Å². The van der Waals surface area contributed by atoms with E-state index in [1.54, 1.807) is 18.4 Å². The van der Waals surface area contributed by atoms with Crippen molar-refractivity contribution >= 4 is 33.8 Å². The Kier molecular flexibility index (Phi) is 3.02. The summed E-state index contributed by atoms with van der Waals surface area (Å²) < 4.78 is 7.55. The first-order valence-corrected chi connectivity index (χ1v) is 6.89. The molecule has 1 aromatic carbocycles. The van der Waals surface area contributed by atoms with Gasteiger partial charge in [-0.1, -0.05) is 17.7 Å². The first kappa shape index (κ1) is 11.6. The molecule has 0 saturated carbocycles. The van der Waals surface area contributed by atoms with Crippen LogP contribution in [0.15, 0.2) is 41.9 Å². The third kappa shape index (κ3) is 1.89. The van der Waals surface area contributed by atoms with Gasteiger partial charge < -0.3 is 9.30 Å². The van der Waals surface area contributed by atoms with Gasteiger partial charge in [0.15, 0.2) is 0 Å². The number of aromatic nitrogens is 1. The van der Waals surface area contributed by atoms with E-state index in [1.807, 2.05) is 23.6 Å². The lowest BCUT2D eigenvalue weighted by Crippen LogP contribution is -1.96. The van der Waals surface area contributed by atoms with Gasteiger partial charge in [-0.15, -0.1) is 11.3 Å². The molecule has 0 radical (unpaired) electrons. The number of benzene rings is 1. The summed E-state index contributed by atoms with van der Waals surface area (Å²) >= 11 is 7.82. The van der Waals surface area contributed by atoms with E-state index in [2.05, 4.69) is 22.9 Å². The third-order valence-corrected chi connectivity index (χ3v) is 4.37. The molecule has 0 aliphatic heterocycles. The summed E-state index contributed by atoms with van der Waals surface area (Å²) in [5.74, 6) is 0.906. The van der Waals surface area contributed by atoms with Crippen molar-refractivity contribution in [1.82, 2.24) is 4.57 Å². The van der Waals surface area contributed by atoms with Gasteiger partial charge in [-0.05, 0) is 29.6 Å². The molecule has 0 atom stereocenters. The second-order valence-corrected chi connectivity index (χ2v) is 5.44. The van der Waals surface area contributed by atoms with E-state index in [-0.39, 0.29) is 0 Å². The van der Waals surface area contributed by atoms with E-state index >= 15 is 0 Å². The lowest BCUT2D eigenvalue weighted by molar-refractivity contribution is 0.420. The van der Waals surface area contributed by atoms with Crippen molar-refractivity contribution in [2.24, 2.45) is 0 Å². The van der Waals surface area contributed by atoms with Crippen LogP contribution in [-0.2, 0) is 6.54 Å². The SMILES string of the molecule is COc1cccc2c1ccn2Cc1sccc1Cl. The van der Waals surface area contributed by atoms with Gasteiger partial charge in [0.1, 0.15) is 5.75 Å². The number of halogens is 1. The highest BCUT2D eigenvalue weighted by atomic mass is 35.5. The third-order valence-electron chi connectivity index (χ3n) is 3.00. The zero-order valence-corrected chi connectivity index (χ0v) is 11.5. The topological polar surface area (TPSA) is 14.2 Å². The van der Waals surface area contributed by atoms with Crippen molar-refractivity contribution in [1.29, 1.82) is 0 Å². The molecule has 0 aliphatic carbocycles. The summed E-state index contributed by atoms with van der Waals surface area (Å²) in [6.07, 6.45) is 2.07. The normalized spacial score (nSPS) is 11.0. The van der Waals surface area contributed by atoms with Crippen molar-refractivity contribution in [3.05, 3.63) is 51.8 Å². The van der Waals surface area contributed by atoms with Crippen molar-refractivity contribution in [2.75, 3.05) is 7.11 Å². The minimum atomic E-state index is 0.799. The largest absolute Gasteiger partial charge is 0.496 e. The molecule has 0 amide bonds. The maximum Gasteiger partial charge on any atom is 0.128 e. The molecule has 0 spiro atoms. The number of methoxy groups -OCH3 is 1. The van der Waals surface area contributed by atoms with Crippen LogP contribution in [-0.4, -0.2) is 11.7 Å². The highest BCUT2D eigenvalue weighted by Gasteiger charge is 2.08. The Balaban J connectivity index is 2.06. The van der Waals surface area contributed by atoms with Gasteiger partial charge in [0, 0.05) is 16.5 Å². The zero-order valence-electron chi connectivity index (χ0n) is 9.89. The zero-order chi connectivity index (χ0) is 12.5. The van der Waals surface area contributed by atoms with E-state index in [0.29, 0.717) is 0 Å². The van der Waals surface area contributed by atoms with E-state index in [1.165, 1.54) is 10.4 Å². The fraction of sp³-hybridized carbons (Fsp3) is 0.143. The van der Waals surface area contributed by atoms with Gasteiger partial charge >= 0.3 is 0 Å². The lowest BCUT2D eigenvalue weighted by Gasteiger charge is -2.06. The van der Waals surface area contributed by atoms with Gasteiger partial charge in [0.25, 0.3) is 0 Å². The predicted molar refractivity (Wildman–Crippen MR) is 76.9 cm³/mol. The van der Waals surface area contributed by atoms with E-state index < -0.39 is 0 Å². The molecular formula is C14H12ClNOS. The second kappa shape index (κ2) is 4.67. The number of nitrogens with zero attached hydrogens (tertiary/aromatic N) is 1. The summed E-state index contributed by atoms with van der Waals surface area (Å²) in [4.78, 5) is 1.18. The number of hydrogen-bond acceptors (Lipinski definition) is 2. The molecule has 2 heterocycles. The molecule has 18 heavy (non-hydrogen) atoms. The molecule has 3 aromatic rings. The molecular weight excluding hydrogens is 266 g/mol. The Hall–Kier alpha value is -1.45. The van der Waals surface area contributed by atoms with Crippen LogP contribution in [0.25, 0.3) is 10.9 Å². The molecule has 92 valence electrons. The van der Waals surface area contributed by atoms with Crippen molar-refractivity contribution in [3.63, 3.8) is 0 Å². The molecule has 2 nitrogen and oxygen atoms in total. The summed E-state index contributed by atoms with van der Waals surface area (Å²) in [6, 6.07) is 10.1. The van der Waals surface area contributed by atoms with Crippen LogP contribution in [0.3, 0.4) is 0 Å². The van der Waals surface area contributed by atoms with Crippen LogP contribution in [0.1, 0.15) is 4.88 Å². The summed E-state index contributed by atoms with van der Waals surface area (Å²) in [6.45, 7) is 0.799. The van der Waals surface area contributed by atoms with Crippen LogP contribution < -0.4 is 4.74 Å². The van der Waals surface area contributed by atoms with Crippen molar-refractivity contribution in [2.45, 2.75) is 6.54 Å². The summed E-state index contributed by atoms with van der Waals surface area (Å²) in [7, 11) is 1.70. The molecule has 0 saturated heterocycles. The van der Waals surface area contributed by atoms with Gasteiger partial charge in [-0.25, -0.2) is 0 Å². The molecule has 4 heteroatoms. The fourth-order valence-electron chi connectivity index (χ4n) is 2.10. The Morgan fingerprint density at radius 2 is 2.17 bits per heavy atom. The van der Waals surface area contributed by atoms with Crippen LogP contribution in [0, 0.1) is 0 Å². The van der Waals surface area contributed by atoms with Crippen LogP contribution >= 0.6 is 22.9 Å². The molecule has 0 bridgehead atoms. The number of hydrogen-bond donors (Lipinski definition) is 0. The Bertz CT molecular complexity index is 686. The van der Waals surface area contributed by atoms with Crippen LogP contribution in [0.4, 0.5) is 0 Å². The standard InChI is InChI=1S/C14H12ClNOS/c1-17-13-4-2-3-12-10(13)5-7-16(12)9-14-11(15)6-8-18-14/h2-8H,9H2,1H3. The van der Waals surface area contributed by atoms with Gasteiger partial charge in [0.05, 0.1) is 24.2 Å². The van der Waals surface area contributed by atoms with Gasteiger partial charge in [-0.3, -0.25) is 0 Å². The number of rotatable bonds is 3. The Morgan fingerprint density at radius 3 is 2.89 bits per heavy atom. The highest BCUT2D eigenvalue weighted by molar-refractivity contribution is 7.10. The fourth-order valence-corrected chi connectivity index (χ4v) is 3.20. The minimum absolute atomic E-state index is 0.799. The lowest BCUT2D eigenvalue weighted by atomic mass is 10.2. The molecule has 0 aliphatic rings. The number of ether oxygens (including phenoxy) is 1. The average Bonchev–Trinajstić information content (AvgIpc) is 2.97. The van der Waals surface area contributed by atoms with Crippen LogP contribution in [0.5, 0.6) is 5.75 Å². The first-order valence-electron chi connectivity index (χ1n) is 5.63. The molecule has 0 N–H and O–H groups in total. The number of thiophene rings is 1. The summed E-state index contributed by atoms with van der Waals surface area (Å²) in [5.41, 5.74) is 1.17. The Labute approximate surface area is 114 Å². The molecule has 3 rings (SSSR count). The van der Waals surface area contributed by atoms with E-state index in [9.17, 15) is 0 Å².